The Bertz CT molecular complexity index is 365. The lowest BCUT2D eigenvalue weighted by atomic mass is 9.86. The van der Waals surface area contributed by atoms with Gasteiger partial charge in [-0.2, -0.15) is 0 Å². The number of aliphatic hydroxyl groups is 1. The highest BCUT2D eigenvalue weighted by Gasteiger charge is 2.23. The van der Waals surface area contributed by atoms with Crippen LogP contribution in [0.15, 0.2) is 24.3 Å². The minimum Gasteiger partial charge on any atom is -0.393 e. The van der Waals surface area contributed by atoms with Crippen molar-refractivity contribution >= 4 is 11.6 Å². The van der Waals surface area contributed by atoms with Gasteiger partial charge in [-0.15, -0.1) is 0 Å². The van der Waals surface area contributed by atoms with Crippen LogP contribution >= 0.6 is 11.6 Å². The van der Waals surface area contributed by atoms with Crippen LogP contribution in [0.4, 0.5) is 0 Å². The molecule has 100 valence electrons. The zero-order chi connectivity index (χ0) is 13.0. The predicted octanol–water partition coefficient (Wildman–Crippen LogP) is 3.32. The largest absolute Gasteiger partial charge is 0.393 e. The number of aliphatic hydroxyl groups excluding tert-OH is 1. The molecule has 0 spiro atoms. The molecule has 0 aromatic heterocycles. The molecule has 1 N–H and O–H groups in total. The maximum Gasteiger partial charge on any atom is 0.0580 e. The lowest BCUT2D eigenvalue weighted by Crippen LogP contribution is -2.34. The van der Waals surface area contributed by atoms with Gasteiger partial charge in [0.25, 0.3) is 0 Å². The number of nitrogens with zero attached hydrogens (tertiary/aromatic N) is 1. The molecule has 0 amide bonds. The molecular formula is C15H22ClNO. The quantitative estimate of drug-likeness (QED) is 0.905. The molecule has 2 nitrogen and oxygen atoms in total. The van der Waals surface area contributed by atoms with Crippen LogP contribution in [0, 0.1) is 5.92 Å². The SMILES string of the molecule is CN(Cc1ccc(Cl)cc1)CC1CCCCC1O. The van der Waals surface area contributed by atoms with Crippen molar-refractivity contribution < 1.29 is 5.11 Å². The number of rotatable bonds is 4. The first-order chi connectivity index (χ1) is 8.65. The van der Waals surface area contributed by atoms with E-state index < -0.39 is 0 Å². The zero-order valence-corrected chi connectivity index (χ0v) is 11.7. The first-order valence-electron chi connectivity index (χ1n) is 6.76. The first kappa shape index (κ1) is 13.9. The summed E-state index contributed by atoms with van der Waals surface area (Å²) in [5.74, 6) is 0.441. The monoisotopic (exact) mass is 267 g/mol. The molecule has 1 aliphatic carbocycles. The predicted molar refractivity (Wildman–Crippen MR) is 75.8 cm³/mol. The molecule has 0 saturated heterocycles. The third kappa shape index (κ3) is 3.98. The first-order valence-corrected chi connectivity index (χ1v) is 7.14. The molecule has 3 heteroatoms. The Morgan fingerprint density at radius 1 is 1.22 bits per heavy atom. The van der Waals surface area contributed by atoms with E-state index in [1.807, 2.05) is 12.1 Å². The van der Waals surface area contributed by atoms with E-state index in [1.54, 1.807) is 0 Å². The van der Waals surface area contributed by atoms with Crippen molar-refractivity contribution in [1.29, 1.82) is 0 Å². The van der Waals surface area contributed by atoms with Gasteiger partial charge >= 0.3 is 0 Å². The van der Waals surface area contributed by atoms with E-state index in [4.69, 9.17) is 11.6 Å². The molecule has 2 rings (SSSR count). The number of hydrogen-bond acceptors (Lipinski definition) is 2. The van der Waals surface area contributed by atoms with Gasteiger partial charge in [-0.1, -0.05) is 36.6 Å². The summed E-state index contributed by atoms with van der Waals surface area (Å²) in [5, 5.41) is 10.8. The van der Waals surface area contributed by atoms with Crippen molar-refractivity contribution in [3.63, 3.8) is 0 Å². The Kier molecular flexibility index (Phi) is 5.04. The molecule has 0 radical (unpaired) electrons. The Labute approximate surface area is 115 Å². The standard InChI is InChI=1S/C15H22ClNO/c1-17(10-12-6-8-14(16)9-7-12)11-13-4-2-3-5-15(13)18/h6-9,13,15,18H,2-5,10-11H2,1H3. The maximum atomic E-state index is 9.98. The molecule has 1 aliphatic rings. The smallest absolute Gasteiger partial charge is 0.0580 e. The summed E-state index contributed by atoms with van der Waals surface area (Å²) < 4.78 is 0. The minimum atomic E-state index is -0.105. The topological polar surface area (TPSA) is 23.5 Å². The summed E-state index contributed by atoms with van der Waals surface area (Å²) in [5.41, 5.74) is 1.27. The van der Waals surface area contributed by atoms with Gasteiger partial charge in [0, 0.05) is 18.1 Å². The van der Waals surface area contributed by atoms with Gasteiger partial charge in [0.1, 0.15) is 0 Å². The van der Waals surface area contributed by atoms with Gasteiger partial charge in [0.05, 0.1) is 6.10 Å². The molecule has 0 bridgehead atoms. The highest BCUT2D eigenvalue weighted by Crippen LogP contribution is 2.25. The van der Waals surface area contributed by atoms with Crippen molar-refractivity contribution in [3.05, 3.63) is 34.9 Å². The molecule has 1 aromatic carbocycles. The third-order valence-corrected chi connectivity index (χ3v) is 4.03. The Hall–Kier alpha value is -0.570. The summed E-state index contributed by atoms with van der Waals surface area (Å²) in [6, 6.07) is 7.99. The summed E-state index contributed by atoms with van der Waals surface area (Å²) in [6.07, 6.45) is 4.46. The molecule has 2 unspecified atom stereocenters. The van der Waals surface area contributed by atoms with E-state index >= 15 is 0 Å². The van der Waals surface area contributed by atoms with Crippen LogP contribution in [-0.4, -0.2) is 29.7 Å². The van der Waals surface area contributed by atoms with E-state index in [2.05, 4.69) is 24.1 Å². The lowest BCUT2D eigenvalue weighted by molar-refractivity contribution is 0.0502. The van der Waals surface area contributed by atoms with Gasteiger partial charge in [-0.3, -0.25) is 0 Å². The molecule has 1 fully saturated rings. The fourth-order valence-corrected chi connectivity index (χ4v) is 2.89. The fraction of sp³-hybridized carbons (Fsp3) is 0.600. The van der Waals surface area contributed by atoms with Gasteiger partial charge in [-0.05, 0) is 43.5 Å². The summed E-state index contributed by atoms with van der Waals surface area (Å²) >= 11 is 5.88. The molecule has 0 aliphatic heterocycles. The highest BCUT2D eigenvalue weighted by molar-refractivity contribution is 6.30. The average Bonchev–Trinajstić information content (AvgIpc) is 2.35. The van der Waals surface area contributed by atoms with Crippen molar-refractivity contribution in [2.24, 2.45) is 5.92 Å². The van der Waals surface area contributed by atoms with E-state index in [-0.39, 0.29) is 6.10 Å². The number of benzene rings is 1. The number of halogens is 1. The molecule has 2 atom stereocenters. The molecular weight excluding hydrogens is 246 g/mol. The summed E-state index contributed by atoms with van der Waals surface area (Å²) in [7, 11) is 2.12. The van der Waals surface area contributed by atoms with Crippen LogP contribution in [0.25, 0.3) is 0 Å². The molecule has 1 saturated carbocycles. The second-order valence-electron chi connectivity index (χ2n) is 5.44. The van der Waals surface area contributed by atoms with E-state index in [0.29, 0.717) is 5.92 Å². The Morgan fingerprint density at radius 3 is 2.56 bits per heavy atom. The van der Waals surface area contributed by atoms with Crippen molar-refractivity contribution in [2.45, 2.75) is 38.3 Å². The van der Waals surface area contributed by atoms with Crippen LogP contribution in [0.5, 0.6) is 0 Å². The summed E-state index contributed by atoms with van der Waals surface area (Å²) in [6.45, 7) is 1.89. The maximum absolute atomic E-state index is 9.98. The Morgan fingerprint density at radius 2 is 1.89 bits per heavy atom. The summed E-state index contributed by atoms with van der Waals surface area (Å²) in [4.78, 5) is 2.29. The van der Waals surface area contributed by atoms with Crippen molar-refractivity contribution in [2.75, 3.05) is 13.6 Å². The minimum absolute atomic E-state index is 0.105. The zero-order valence-electron chi connectivity index (χ0n) is 11.0. The van der Waals surface area contributed by atoms with E-state index in [0.717, 1.165) is 31.0 Å². The van der Waals surface area contributed by atoms with E-state index in [1.165, 1.54) is 18.4 Å². The van der Waals surface area contributed by atoms with Crippen molar-refractivity contribution in [1.82, 2.24) is 4.90 Å². The molecule has 1 aromatic rings. The fourth-order valence-electron chi connectivity index (χ4n) is 2.77. The molecule has 0 heterocycles. The van der Waals surface area contributed by atoms with Crippen LogP contribution in [0.3, 0.4) is 0 Å². The molecule has 18 heavy (non-hydrogen) atoms. The van der Waals surface area contributed by atoms with Crippen LogP contribution in [0.1, 0.15) is 31.2 Å². The Balaban J connectivity index is 1.84. The average molecular weight is 268 g/mol. The van der Waals surface area contributed by atoms with Crippen LogP contribution in [0.2, 0.25) is 5.02 Å². The van der Waals surface area contributed by atoms with Crippen LogP contribution in [-0.2, 0) is 6.54 Å². The van der Waals surface area contributed by atoms with Crippen LogP contribution < -0.4 is 0 Å². The van der Waals surface area contributed by atoms with E-state index in [9.17, 15) is 5.11 Å². The second kappa shape index (κ2) is 6.55. The lowest BCUT2D eigenvalue weighted by Gasteiger charge is -2.31. The second-order valence-corrected chi connectivity index (χ2v) is 5.87. The van der Waals surface area contributed by atoms with Gasteiger partial charge in [0.15, 0.2) is 0 Å². The van der Waals surface area contributed by atoms with Crippen molar-refractivity contribution in [3.8, 4) is 0 Å². The van der Waals surface area contributed by atoms with Gasteiger partial charge in [-0.25, -0.2) is 0 Å². The van der Waals surface area contributed by atoms with Gasteiger partial charge < -0.3 is 10.0 Å². The normalized spacial score (nSPS) is 24.4. The third-order valence-electron chi connectivity index (χ3n) is 3.78. The highest BCUT2D eigenvalue weighted by atomic mass is 35.5. The number of hydrogen-bond donors (Lipinski definition) is 1. The van der Waals surface area contributed by atoms with Gasteiger partial charge in [0.2, 0.25) is 0 Å².